The van der Waals surface area contributed by atoms with Crippen LogP contribution in [-0.2, 0) is 0 Å². The van der Waals surface area contributed by atoms with E-state index in [1.807, 2.05) is 54.6 Å². The van der Waals surface area contributed by atoms with Crippen LogP contribution in [0.25, 0.3) is 21.9 Å². The number of nitrogens with one attached hydrogen (secondary N) is 1. The van der Waals surface area contributed by atoms with Crippen molar-refractivity contribution in [2.45, 2.75) is 18.9 Å². The maximum Gasteiger partial charge on any atom is 0.212 e. The summed E-state index contributed by atoms with van der Waals surface area (Å²) in [4.78, 5) is 17.4. The van der Waals surface area contributed by atoms with Crippen LogP contribution in [0.4, 0.5) is 0 Å². The zero-order chi connectivity index (χ0) is 19.1. The second kappa shape index (κ2) is 6.77. The Morgan fingerprint density at radius 1 is 1.11 bits per heavy atom. The molecule has 2 heterocycles. The van der Waals surface area contributed by atoms with Gasteiger partial charge in [-0.05, 0) is 42.5 Å². The van der Waals surface area contributed by atoms with Crippen LogP contribution < -0.4 is 5.32 Å². The molecule has 5 rings (SSSR count). The third-order valence-corrected chi connectivity index (χ3v) is 5.51. The molecule has 140 valence electrons. The van der Waals surface area contributed by atoms with Gasteiger partial charge in [0.05, 0.1) is 11.6 Å². The normalized spacial score (nSPS) is 19.4. The third kappa shape index (κ3) is 2.94. The van der Waals surface area contributed by atoms with Crippen molar-refractivity contribution in [3.05, 3.63) is 72.1 Å². The van der Waals surface area contributed by atoms with E-state index in [4.69, 9.17) is 4.42 Å². The highest BCUT2D eigenvalue weighted by atomic mass is 16.3. The van der Waals surface area contributed by atoms with E-state index in [9.17, 15) is 9.90 Å². The highest BCUT2D eigenvalue weighted by Gasteiger charge is 2.31. The number of nitrogens with zero attached hydrogens (tertiary/aromatic N) is 1. The predicted octanol–water partition coefficient (Wildman–Crippen LogP) is 4.61. The van der Waals surface area contributed by atoms with Crippen LogP contribution in [0.2, 0.25) is 0 Å². The van der Waals surface area contributed by atoms with Crippen LogP contribution >= 0.6 is 0 Å². The van der Waals surface area contributed by atoms with Gasteiger partial charge in [0, 0.05) is 11.8 Å². The van der Waals surface area contributed by atoms with Crippen molar-refractivity contribution in [2.24, 2.45) is 5.92 Å². The van der Waals surface area contributed by atoms with Gasteiger partial charge in [-0.1, -0.05) is 42.5 Å². The summed E-state index contributed by atoms with van der Waals surface area (Å²) in [6.07, 6.45) is 1.17. The molecule has 0 bridgehead atoms. The number of carbonyl (C=O) groups excluding carboxylic acids is 1. The summed E-state index contributed by atoms with van der Waals surface area (Å²) < 4.78 is 5.86. The van der Waals surface area contributed by atoms with Gasteiger partial charge in [0.25, 0.3) is 0 Å². The molecule has 1 aliphatic rings. The molecule has 28 heavy (non-hydrogen) atoms. The molecule has 0 unspecified atom stereocenters. The van der Waals surface area contributed by atoms with Crippen LogP contribution in [0, 0.1) is 5.92 Å². The number of carbonyl (C=O) groups is 1. The molecule has 0 amide bonds. The van der Waals surface area contributed by atoms with E-state index in [1.165, 1.54) is 0 Å². The number of ketones is 1. The van der Waals surface area contributed by atoms with Gasteiger partial charge in [-0.15, -0.1) is 0 Å². The van der Waals surface area contributed by atoms with E-state index >= 15 is 0 Å². The molecule has 5 nitrogen and oxygen atoms in total. The second-order valence-corrected chi connectivity index (χ2v) is 7.39. The standard InChI is InChI=1S/C23H20N2O3/c26-20(17-10-9-15-5-1-2-6-16(15)22(17)27)12-14-11-19(24-13-14)23-25-18-7-3-4-8-21(18)28-23/h1-10,14,19,24,27H,11-13H2/t14-,19+/m1/s1. The molecule has 2 atom stereocenters. The van der Waals surface area contributed by atoms with Crippen molar-refractivity contribution in [3.8, 4) is 5.75 Å². The number of benzene rings is 3. The highest BCUT2D eigenvalue weighted by molar-refractivity contribution is 6.04. The molecule has 0 spiro atoms. The monoisotopic (exact) mass is 372 g/mol. The number of Topliss-reactive ketones (excluding diaryl/α,β-unsaturated/α-hetero) is 1. The lowest BCUT2D eigenvalue weighted by Gasteiger charge is -2.10. The lowest BCUT2D eigenvalue weighted by molar-refractivity contribution is 0.0961. The maximum atomic E-state index is 12.8. The van der Waals surface area contributed by atoms with E-state index in [0.29, 0.717) is 23.3 Å². The van der Waals surface area contributed by atoms with Gasteiger partial charge < -0.3 is 14.8 Å². The molecule has 0 aliphatic carbocycles. The summed E-state index contributed by atoms with van der Waals surface area (Å²) in [5.41, 5.74) is 2.02. The van der Waals surface area contributed by atoms with Gasteiger partial charge in [-0.3, -0.25) is 4.79 Å². The molecule has 3 aromatic carbocycles. The van der Waals surface area contributed by atoms with Crippen LogP contribution in [0.5, 0.6) is 5.75 Å². The van der Waals surface area contributed by atoms with E-state index in [0.717, 1.165) is 29.5 Å². The summed E-state index contributed by atoms with van der Waals surface area (Å²) in [5, 5.41) is 15.6. The van der Waals surface area contributed by atoms with Crippen molar-refractivity contribution in [1.29, 1.82) is 0 Å². The van der Waals surface area contributed by atoms with Gasteiger partial charge in [-0.25, -0.2) is 4.98 Å². The number of para-hydroxylation sites is 2. The summed E-state index contributed by atoms with van der Waals surface area (Å²) >= 11 is 0. The van der Waals surface area contributed by atoms with Crippen molar-refractivity contribution < 1.29 is 14.3 Å². The third-order valence-electron chi connectivity index (χ3n) is 5.51. The van der Waals surface area contributed by atoms with Crippen LogP contribution in [0.1, 0.15) is 35.1 Å². The zero-order valence-corrected chi connectivity index (χ0v) is 15.3. The number of oxazole rings is 1. The molecular weight excluding hydrogens is 352 g/mol. The number of hydrogen-bond acceptors (Lipinski definition) is 5. The number of hydrogen-bond donors (Lipinski definition) is 2. The van der Waals surface area contributed by atoms with E-state index in [2.05, 4.69) is 10.3 Å². The zero-order valence-electron chi connectivity index (χ0n) is 15.3. The van der Waals surface area contributed by atoms with Crippen LogP contribution in [0.3, 0.4) is 0 Å². The van der Waals surface area contributed by atoms with E-state index in [1.54, 1.807) is 6.07 Å². The molecule has 1 aliphatic heterocycles. The largest absolute Gasteiger partial charge is 0.507 e. The van der Waals surface area contributed by atoms with Crippen molar-refractivity contribution in [3.63, 3.8) is 0 Å². The van der Waals surface area contributed by atoms with Crippen LogP contribution in [0.15, 0.2) is 65.1 Å². The van der Waals surface area contributed by atoms with Gasteiger partial charge in [-0.2, -0.15) is 0 Å². The number of phenolic OH excluding ortho intramolecular Hbond substituents is 1. The lowest BCUT2D eigenvalue weighted by Crippen LogP contribution is -2.15. The summed E-state index contributed by atoms with van der Waals surface area (Å²) in [6, 6.07) is 18.9. The first-order valence-electron chi connectivity index (χ1n) is 9.52. The molecule has 1 saturated heterocycles. The predicted molar refractivity (Wildman–Crippen MR) is 107 cm³/mol. The fraction of sp³-hybridized carbons (Fsp3) is 0.217. The molecule has 2 N–H and O–H groups in total. The number of fused-ring (bicyclic) bond motifs is 2. The smallest absolute Gasteiger partial charge is 0.212 e. The summed E-state index contributed by atoms with van der Waals surface area (Å²) in [6.45, 7) is 0.726. The minimum Gasteiger partial charge on any atom is -0.507 e. The molecular formula is C23H20N2O3. The van der Waals surface area contributed by atoms with E-state index in [-0.39, 0.29) is 23.5 Å². The highest BCUT2D eigenvalue weighted by Crippen LogP contribution is 2.34. The Balaban J connectivity index is 1.32. The van der Waals surface area contributed by atoms with Gasteiger partial charge in [0.2, 0.25) is 5.89 Å². The molecule has 4 aromatic rings. The molecule has 0 radical (unpaired) electrons. The van der Waals surface area contributed by atoms with Gasteiger partial charge >= 0.3 is 0 Å². The Morgan fingerprint density at radius 3 is 2.82 bits per heavy atom. The molecule has 0 saturated carbocycles. The van der Waals surface area contributed by atoms with Crippen molar-refractivity contribution in [1.82, 2.24) is 10.3 Å². The Kier molecular flexibility index (Phi) is 4.10. The Bertz CT molecular complexity index is 1150. The lowest BCUT2D eigenvalue weighted by atomic mass is 9.94. The minimum atomic E-state index is -0.0340. The summed E-state index contributed by atoms with van der Waals surface area (Å²) in [5.74, 6) is 0.890. The number of rotatable bonds is 4. The molecule has 1 fully saturated rings. The maximum absolute atomic E-state index is 12.8. The summed E-state index contributed by atoms with van der Waals surface area (Å²) in [7, 11) is 0. The second-order valence-electron chi connectivity index (χ2n) is 7.39. The molecule has 5 heteroatoms. The fourth-order valence-electron chi connectivity index (χ4n) is 4.04. The fourth-order valence-corrected chi connectivity index (χ4v) is 4.04. The van der Waals surface area contributed by atoms with Gasteiger partial charge in [0.15, 0.2) is 11.4 Å². The van der Waals surface area contributed by atoms with Crippen molar-refractivity contribution in [2.75, 3.05) is 6.54 Å². The number of aromatic hydroxyl groups is 1. The first-order chi connectivity index (χ1) is 13.7. The Labute approximate surface area is 162 Å². The topological polar surface area (TPSA) is 75.4 Å². The average Bonchev–Trinajstić information content (AvgIpc) is 3.35. The Morgan fingerprint density at radius 2 is 1.93 bits per heavy atom. The van der Waals surface area contributed by atoms with Crippen molar-refractivity contribution >= 4 is 27.7 Å². The SMILES string of the molecule is O=C(C[C@@H]1CN[C@H](c2nc3ccccc3o2)C1)c1ccc2ccccc2c1O. The first kappa shape index (κ1) is 17.0. The Hall–Kier alpha value is -3.18. The number of aromatic nitrogens is 1. The average molecular weight is 372 g/mol. The molecule has 1 aromatic heterocycles. The van der Waals surface area contributed by atoms with Gasteiger partial charge in [0.1, 0.15) is 11.3 Å². The van der Waals surface area contributed by atoms with E-state index < -0.39 is 0 Å². The quantitative estimate of drug-likeness (QED) is 0.512. The number of phenols is 1. The minimum absolute atomic E-state index is 0.00963. The first-order valence-corrected chi connectivity index (χ1v) is 9.52. The van der Waals surface area contributed by atoms with Crippen LogP contribution in [-0.4, -0.2) is 22.4 Å².